The third-order valence-electron chi connectivity index (χ3n) is 2.01. The molecule has 1 heterocycles. The molecule has 6 heteroatoms. The molecule has 0 aliphatic rings. The minimum Gasteiger partial charge on any atom is -0.388 e. The topological polar surface area (TPSA) is 80.0 Å². The van der Waals surface area contributed by atoms with Gasteiger partial charge < -0.3 is 16.4 Å². The summed E-state index contributed by atoms with van der Waals surface area (Å²) in [5.41, 5.74) is 5.99. The monoisotopic (exact) mass is 238 g/mol. The van der Waals surface area contributed by atoms with E-state index in [1.807, 2.05) is 0 Å². The summed E-state index contributed by atoms with van der Waals surface area (Å²) in [5, 5.41) is 5.49. The lowest BCUT2D eigenvalue weighted by molar-refractivity contribution is -0.121. The summed E-state index contributed by atoms with van der Waals surface area (Å²) in [7, 11) is 1.58. The zero-order chi connectivity index (χ0) is 12.1. The molecule has 0 radical (unpaired) electrons. The Morgan fingerprint density at radius 2 is 2.25 bits per heavy atom. The van der Waals surface area contributed by atoms with Crippen LogP contribution in [0.2, 0.25) is 0 Å². The van der Waals surface area contributed by atoms with Crippen molar-refractivity contribution in [3.8, 4) is 0 Å². The summed E-state index contributed by atoms with van der Waals surface area (Å²) in [6.07, 6.45) is 0. The van der Waals surface area contributed by atoms with Crippen LogP contribution in [-0.4, -0.2) is 29.0 Å². The number of hydrogen-bond acceptors (Lipinski definition) is 4. The number of nitrogens with two attached hydrogens (primary N) is 1. The largest absolute Gasteiger partial charge is 0.388 e. The van der Waals surface area contributed by atoms with Gasteiger partial charge in [-0.2, -0.15) is 0 Å². The molecule has 1 aromatic heterocycles. The smallest absolute Gasteiger partial charge is 0.241 e. The van der Waals surface area contributed by atoms with Crippen molar-refractivity contribution in [2.45, 2.75) is 13.0 Å². The van der Waals surface area contributed by atoms with Gasteiger partial charge in [-0.25, -0.2) is 4.98 Å². The second-order valence-corrected chi connectivity index (χ2v) is 3.69. The minimum atomic E-state index is -0.362. The van der Waals surface area contributed by atoms with Crippen molar-refractivity contribution in [3.05, 3.63) is 23.9 Å². The summed E-state index contributed by atoms with van der Waals surface area (Å²) in [4.78, 5) is 15.7. The molecule has 5 nitrogen and oxygen atoms in total. The van der Waals surface area contributed by atoms with Gasteiger partial charge in [-0.1, -0.05) is 18.3 Å². The van der Waals surface area contributed by atoms with E-state index in [0.29, 0.717) is 11.5 Å². The Bertz CT molecular complexity index is 408. The van der Waals surface area contributed by atoms with Crippen LogP contribution < -0.4 is 16.4 Å². The van der Waals surface area contributed by atoms with Gasteiger partial charge in [0.25, 0.3) is 0 Å². The van der Waals surface area contributed by atoms with Gasteiger partial charge in [0.15, 0.2) is 0 Å². The number of nitrogens with zero attached hydrogens (tertiary/aromatic N) is 1. The Morgan fingerprint density at radius 3 is 2.81 bits per heavy atom. The molecule has 0 aliphatic carbocycles. The highest BCUT2D eigenvalue weighted by Crippen LogP contribution is 2.06. The molecule has 86 valence electrons. The van der Waals surface area contributed by atoms with Crippen LogP contribution in [0.15, 0.2) is 18.2 Å². The first-order chi connectivity index (χ1) is 7.54. The van der Waals surface area contributed by atoms with E-state index in [1.165, 1.54) is 0 Å². The minimum absolute atomic E-state index is 0.109. The van der Waals surface area contributed by atoms with Crippen molar-refractivity contribution >= 4 is 28.9 Å². The fraction of sp³-hybridized carbons (Fsp3) is 0.300. The summed E-state index contributed by atoms with van der Waals surface area (Å²) in [5.74, 6) is 0.462. The van der Waals surface area contributed by atoms with Crippen LogP contribution in [0.4, 0.5) is 5.82 Å². The molecular formula is C10H14N4OS. The molecule has 0 bridgehead atoms. The fourth-order valence-corrected chi connectivity index (χ4v) is 1.27. The number of thiocarbonyl (C=S) groups is 1. The molecule has 1 amide bonds. The van der Waals surface area contributed by atoms with Gasteiger partial charge in [0.1, 0.15) is 16.8 Å². The Morgan fingerprint density at radius 1 is 1.56 bits per heavy atom. The van der Waals surface area contributed by atoms with Gasteiger partial charge in [0.2, 0.25) is 5.91 Å². The van der Waals surface area contributed by atoms with E-state index in [2.05, 4.69) is 15.6 Å². The van der Waals surface area contributed by atoms with Crippen LogP contribution in [0.3, 0.4) is 0 Å². The number of carbonyl (C=O) groups excluding carboxylic acids is 1. The van der Waals surface area contributed by atoms with Crippen molar-refractivity contribution in [3.63, 3.8) is 0 Å². The van der Waals surface area contributed by atoms with Gasteiger partial charge in [-0.05, 0) is 19.1 Å². The second-order valence-electron chi connectivity index (χ2n) is 3.25. The molecule has 0 fully saturated rings. The molecule has 1 unspecified atom stereocenters. The average molecular weight is 238 g/mol. The van der Waals surface area contributed by atoms with E-state index >= 15 is 0 Å². The third kappa shape index (κ3) is 3.16. The predicted molar refractivity (Wildman–Crippen MR) is 67.3 cm³/mol. The van der Waals surface area contributed by atoms with Crippen molar-refractivity contribution < 1.29 is 4.79 Å². The van der Waals surface area contributed by atoms with E-state index in [9.17, 15) is 4.79 Å². The highest BCUT2D eigenvalue weighted by Gasteiger charge is 2.11. The average Bonchev–Trinajstić information content (AvgIpc) is 2.28. The third-order valence-corrected chi connectivity index (χ3v) is 2.21. The molecule has 1 atom stereocenters. The summed E-state index contributed by atoms with van der Waals surface area (Å²) in [6.45, 7) is 1.74. The Hall–Kier alpha value is -1.69. The van der Waals surface area contributed by atoms with Crippen molar-refractivity contribution in [1.82, 2.24) is 10.3 Å². The van der Waals surface area contributed by atoms with Crippen molar-refractivity contribution in [2.24, 2.45) is 5.73 Å². The summed E-state index contributed by atoms with van der Waals surface area (Å²) < 4.78 is 0. The number of carbonyl (C=O) groups is 1. The maximum Gasteiger partial charge on any atom is 0.241 e. The van der Waals surface area contributed by atoms with Gasteiger partial charge in [0, 0.05) is 7.05 Å². The molecule has 0 aliphatic heterocycles. The van der Waals surface area contributed by atoms with Crippen molar-refractivity contribution in [1.29, 1.82) is 0 Å². The zero-order valence-corrected chi connectivity index (χ0v) is 9.97. The predicted octanol–water partition coefficient (Wildman–Crippen LogP) is 0.262. The number of anilines is 1. The zero-order valence-electron chi connectivity index (χ0n) is 9.15. The first-order valence-electron chi connectivity index (χ1n) is 4.79. The second kappa shape index (κ2) is 5.41. The van der Waals surface area contributed by atoms with Gasteiger partial charge >= 0.3 is 0 Å². The van der Waals surface area contributed by atoms with Crippen molar-refractivity contribution in [2.75, 3.05) is 12.4 Å². The van der Waals surface area contributed by atoms with Crippen LogP contribution in [0.1, 0.15) is 12.6 Å². The van der Waals surface area contributed by atoms with E-state index in [0.717, 1.165) is 0 Å². The Kier molecular flexibility index (Phi) is 4.19. The molecule has 16 heavy (non-hydrogen) atoms. The number of pyridine rings is 1. The van der Waals surface area contributed by atoms with E-state index < -0.39 is 0 Å². The number of rotatable bonds is 4. The molecule has 0 saturated heterocycles. The normalized spacial score (nSPS) is 11.6. The highest BCUT2D eigenvalue weighted by atomic mass is 32.1. The lowest BCUT2D eigenvalue weighted by atomic mass is 10.3. The Labute approximate surface area is 99.4 Å². The molecule has 0 spiro atoms. The lowest BCUT2D eigenvalue weighted by Crippen LogP contribution is -2.35. The van der Waals surface area contributed by atoms with Crippen LogP contribution in [0, 0.1) is 0 Å². The number of likely N-dealkylation sites (N-methyl/N-ethyl adjacent to an activating group) is 1. The van der Waals surface area contributed by atoms with Gasteiger partial charge in [-0.15, -0.1) is 0 Å². The van der Waals surface area contributed by atoms with Crippen LogP contribution in [0.25, 0.3) is 0 Å². The number of hydrogen-bond donors (Lipinski definition) is 3. The van der Waals surface area contributed by atoms with Gasteiger partial charge in [0.05, 0.1) is 5.69 Å². The number of nitrogens with one attached hydrogen (secondary N) is 2. The van der Waals surface area contributed by atoms with Crippen LogP contribution in [-0.2, 0) is 4.79 Å². The quantitative estimate of drug-likeness (QED) is 0.656. The van der Waals surface area contributed by atoms with E-state index in [-0.39, 0.29) is 16.9 Å². The molecule has 0 aromatic carbocycles. The first kappa shape index (κ1) is 12.4. The van der Waals surface area contributed by atoms with Crippen LogP contribution in [0.5, 0.6) is 0 Å². The fourth-order valence-electron chi connectivity index (χ4n) is 1.16. The maximum atomic E-state index is 11.3. The molecular weight excluding hydrogens is 224 g/mol. The summed E-state index contributed by atoms with van der Waals surface area (Å²) in [6, 6.07) is 4.89. The Balaban J connectivity index is 2.78. The SMILES string of the molecule is CNC(=O)C(C)Nc1cccc(C(N)=S)n1. The highest BCUT2D eigenvalue weighted by molar-refractivity contribution is 7.80. The lowest BCUT2D eigenvalue weighted by Gasteiger charge is -2.13. The summed E-state index contributed by atoms with van der Waals surface area (Å²) >= 11 is 4.82. The number of aromatic nitrogens is 1. The van der Waals surface area contributed by atoms with E-state index in [4.69, 9.17) is 18.0 Å². The molecule has 1 rings (SSSR count). The standard InChI is InChI=1S/C10H14N4OS/c1-6(10(15)12-2)13-8-5-3-4-7(14-8)9(11)16/h3-6H,1-2H3,(H2,11,16)(H,12,15)(H,13,14). The van der Waals surface area contributed by atoms with Gasteiger partial charge in [-0.3, -0.25) is 4.79 Å². The number of amides is 1. The van der Waals surface area contributed by atoms with Crippen LogP contribution >= 0.6 is 12.2 Å². The molecule has 1 aromatic rings. The molecule has 4 N–H and O–H groups in total. The maximum absolute atomic E-state index is 11.3. The first-order valence-corrected chi connectivity index (χ1v) is 5.20. The molecule has 0 saturated carbocycles. The van der Waals surface area contributed by atoms with E-state index in [1.54, 1.807) is 32.2 Å².